The molecule has 2 aliphatic heterocycles. The van der Waals surface area contributed by atoms with Crippen molar-refractivity contribution in [1.82, 2.24) is 5.09 Å². The Bertz CT molecular complexity index is 1300. The van der Waals surface area contributed by atoms with Crippen molar-refractivity contribution in [3.05, 3.63) is 78.9 Å². The Balaban J connectivity index is 1.68. The van der Waals surface area contributed by atoms with Crippen LogP contribution >= 0.6 is 7.43 Å². The second kappa shape index (κ2) is 6.19. The molecule has 1 fully saturated rings. The molecule has 1 spiro atoms. The molecule has 0 bridgehead atoms. The zero-order chi connectivity index (χ0) is 21.2. The van der Waals surface area contributed by atoms with Gasteiger partial charge in [-0.25, -0.2) is 0 Å². The van der Waals surface area contributed by atoms with Crippen molar-refractivity contribution in [2.45, 2.75) is 19.9 Å². The van der Waals surface area contributed by atoms with E-state index in [1.54, 1.807) is 0 Å². The second-order valence-corrected chi connectivity index (χ2v) is 11.5. The molecule has 1 N–H and O–H groups in total. The van der Waals surface area contributed by atoms with Crippen LogP contribution in [0.15, 0.2) is 78.9 Å². The van der Waals surface area contributed by atoms with Crippen LogP contribution in [0.3, 0.4) is 0 Å². The summed E-state index contributed by atoms with van der Waals surface area (Å²) in [7, 11) is -4.23. The second-order valence-electron chi connectivity index (χ2n) is 8.41. The van der Waals surface area contributed by atoms with Gasteiger partial charge in [0.25, 0.3) is 0 Å². The van der Waals surface area contributed by atoms with Crippen LogP contribution in [0, 0.1) is 5.92 Å². The molecule has 5 nitrogen and oxygen atoms in total. The summed E-state index contributed by atoms with van der Waals surface area (Å²) in [6.45, 7) is 3.97. The van der Waals surface area contributed by atoms with Gasteiger partial charge in [0.1, 0.15) is 0 Å². The van der Waals surface area contributed by atoms with Crippen LogP contribution in [0.1, 0.15) is 13.8 Å². The standard InChI is InChI=1S/C25H22NO4P/c1-16(2)22-25(27)30-31(26-22,17-10-4-3-5-11-17)28-23-20-14-8-6-12-18(20)19-13-7-9-15-21(19)24(23)29-31/h3-16,22,26H,1-2H3. The molecule has 4 aromatic carbocycles. The fraction of sp³-hybridized carbons (Fsp3) is 0.160. The number of rotatable bonds is 2. The molecule has 156 valence electrons. The normalized spacial score (nSPS) is 22.0. The van der Waals surface area contributed by atoms with Crippen LogP contribution < -0.4 is 19.4 Å². The molecule has 31 heavy (non-hydrogen) atoms. The predicted octanol–water partition coefficient (Wildman–Crippen LogP) is 5.47. The van der Waals surface area contributed by atoms with Gasteiger partial charge in [0.15, 0.2) is 0 Å². The van der Waals surface area contributed by atoms with Crippen LogP contribution in [-0.2, 0) is 9.32 Å². The molecule has 0 amide bonds. The van der Waals surface area contributed by atoms with E-state index in [0.717, 1.165) is 21.5 Å². The van der Waals surface area contributed by atoms with Crippen molar-refractivity contribution < 1.29 is 18.4 Å². The SMILES string of the molecule is CC(C)C1NP2(c3ccccc3)(OC1=O)Oc1c(c3ccccc3c3ccccc13)O2. The molecular formula is C25H22NO4P. The van der Waals surface area contributed by atoms with E-state index < -0.39 is 13.5 Å². The molecule has 4 aromatic rings. The van der Waals surface area contributed by atoms with E-state index in [0.29, 0.717) is 16.8 Å². The molecule has 6 rings (SSSR count). The molecule has 1 unspecified atom stereocenters. The molecule has 1 saturated heterocycles. The zero-order valence-corrected chi connectivity index (χ0v) is 18.1. The Morgan fingerprint density at radius 2 is 1.19 bits per heavy atom. The number of hydrogen-bond acceptors (Lipinski definition) is 5. The summed E-state index contributed by atoms with van der Waals surface area (Å²) in [5.41, 5.74) is 0. The van der Waals surface area contributed by atoms with Gasteiger partial charge in [0.2, 0.25) is 0 Å². The van der Waals surface area contributed by atoms with Crippen LogP contribution in [0.4, 0.5) is 0 Å². The Morgan fingerprint density at radius 1 is 0.710 bits per heavy atom. The van der Waals surface area contributed by atoms with Crippen molar-refractivity contribution in [3.63, 3.8) is 0 Å². The first-order valence-electron chi connectivity index (χ1n) is 10.4. The Kier molecular flexibility index (Phi) is 3.72. The molecular weight excluding hydrogens is 409 g/mol. The summed E-state index contributed by atoms with van der Waals surface area (Å²) < 4.78 is 19.7. The summed E-state index contributed by atoms with van der Waals surface area (Å²) >= 11 is 0. The number of fused-ring (bicyclic) bond motifs is 6. The summed E-state index contributed by atoms with van der Waals surface area (Å²) in [5.74, 6) is 0.890. The monoisotopic (exact) mass is 431 g/mol. The maximum absolute atomic E-state index is 13.0. The van der Waals surface area contributed by atoms with E-state index in [2.05, 4.69) is 17.2 Å². The molecule has 1 atom stereocenters. The van der Waals surface area contributed by atoms with Crippen molar-refractivity contribution >= 4 is 40.3 Å². The van der Waals surface area contributed by atoms with Crippen molar-refractivity contribution in [3.8, 4) is 11.5 Å². The molecule has 2 aliphatic rings. The van der Waals surface area contributed by atoms with Gasteiger partial charge >= 0.3 is 180 Å². The predicted molar refractivity (Wildman–Crippen MR) is 124 cm³/mol. The molecule has 6 heteroatoms. The van der Waals surface area contributed by atoms with Gasteiger partial charge in [-0.2, -0.15) is 0 Å². The van der Waals surface area contributed by atoms with Gasteiger partial charge in [-0.1, -0.05) is 0 Å². The molecule has 2 heterocycles. The Labute approximate surface area is 180 Å². The van der Waals surface area contributed by atoms with Crippen LogP contribution in [-0.4, -0.2) is 12.0 Å². The van der Waals surface area contributed by atoms with Gasteiger partial charge < -0.3 is 0 Å². The summed E-state index contributed by atoms with van der Waals surface area (Å²) in [6.07, 6.45) is 0. The maximum atomic E-state index is 13.0. The third-order valence-corrected chi connectivity index (χ3v) is 9.55. The minimum absolute atomic E-state index is 0.0158. The fourth-order valence-electron chi connectivity index (χ4n) is 4.58. The summed E-state index contributed by atoms with van der Waals surface area (Å²) in [4.78, 5) is 13.0. The topological polar surface area (TPSA) is 56.8 Å². The fourth-order valence-corrected chi connectivity index (χ4v) is 8.35. The van der Waals surface area contributed by atoms with Gasteiger partial charge in [0.05, 0.1) is 0 Å². The third-order valence-electron chi connectivity index (χ3n) is 6.09. The molecule has 0 radical (unpaired) electrons. The van der Waals surface area contributed by atoms with E-state index in [1.807, 2.05) is 80.6 Å². The summed E-state index contributed by atoms with van der Waals surface area (Å²) in [6, 6.07) is 25.2. The molecule has 0 aromatic heterocycles. The van der Waals surface area contributed by atoms with E-state index >= 15 is 0 Å². The van der Waals surface area contributed by atoms with E-state index in [9.17, 15) is 4.79 Å². The zero-order valence-electron chi connectivity index (χ0n) is 17.2. The summed E-state index contributed by atoms with van der Waals surface area (Å²) in [5, 5.41) is 8.13. The first kappa shape index (κ1) is 18.6. The first-order chi connectivity index (χ1) is 15.0. The van der Waals surface area contributed by atoms with Gasteiger partial charge in [-0.05, 0) is 0 Å². The van der Waals surface area contributed by atoms with Crippen molar-refractivity contribution in [2.24, 2.45) is 5.92 Å². The van der Waals surface area contributed by atoms with Crippen molar-refractivity contribution in [1.29, 1.82) is 0 Å². The third kappa shape index (κ3) is 2.42. The van der Waals surface area contributed by atoms with E-state index in [1.165, 1.54) is 0 Å². The van der Waals surface area contributed by atoms with E-state index in [4.69, 9.17) is 13.6 Å². The Hall–Kier alpha value is -3.14. The van der Waals surface area contributed by atoms with Gasteiger partial charge in [-0.3, -0.25) is 0 Å². The van der Waals surface area contributed by atoms with Crippen LogP contribution in [0.25, 0.3) is 21.5 Å². The quantitative estimate of drug-likeness (QED) is 0.337. The number of carbonyl (C=O) groups excluding carboxylic acids is 1. The number of carbonyl (C=O) groups is 1. The van der Waals surface area contributed by atoms with E-state index in [-0.39, 0.29) is 11.9 Å². The first-order valence-corrected chi connectivity index (χ1v) is 12.4. The van der Waals surface area contributed by atoms with Gasteiger partial charge in [0, 0.05) is 0 Å². The molecule has 0 aliphatic carbocycles. The van der Waals surface area contributed by atoms with Crippen LogP contribution in [0.5, 0.6) is 11.5 Å². The Morgan fingerprint density at radius 3 is 1.68 bits per heavy atom. The molecule has 0 saturated carbocycles. The number of benzene rings is 4. The van der Waals surface area contributed by atoms with Gasteiger partial charge in [-0.15, -0.1) is 0 Å². The van der Waals surface area contributed by atoms with Crippen molar-refractivity contribution in [2.75, 3.05) is 0 Å². The average molecular weight is 431 g/mol. The number of hydrogen-bond donors (Lipinski definition) is 1. The minimum atomic E-state index is -4.23. The number of nitrogens with one attached hydrogen (secondary N) is 1. The average Bonchev–Trinajstić information content (AvgIpc) is 3.31. The van der Waals surface area contributed by atoms with Crippen LogP contribution in [0.2, 0.25) is 0 Å².